The number of aromatic hydroxyl groups is 1. The third kappa shape index (κ3) is 11.3. The number of phenolic OH excluding ortho intramolecular Hbond substituents is 1. The molecule has 0 heterocycles. The predicted octanol–water partition coefficient (Wildman–Crippen LogP) is 2.64. The average molecular weight is 904 g/mol. The minimum absolute atomic E-state index is 0.129. The van der Waals surface area contributed by atoms with Crippen molar-refractivity contribution in [2.24, 2.45) is 20.5 Å². The zero-order valence-electron chi connectivity index (χ0n) is 27.4. The first kappa shape index (κ1) is 44.1. The van der Waals surface area contributed by atoms with E-state index in [1.165, 1.54) is 0 Å². The van der Waals surface area contributed by atoms with E-state index < -0.39 is 123 Å². The number of fused-ring (bicyclic) bond motifs is 1. The van der Waals surface area contributed by atoms with Crippen LogP contribution in [0.5, 0.6) is 5.75 Å². The van der Waals surface area contributed by atoms with Crippen molar-refractivity contribution in [1.29, 1.82) is 0 Å². The van der Waals surface area contributed by atoms with E-state index in [0.29, 0.717) is 24.3 Å². The standard InChI is InChI=1S/C26H25N5O19S6/c27-20-7-6-18-19(24(20)30-29-21-13-17(5-8-22(21)53(37,38)39)52(35,36)12-10-50-56(46,47)48)14-23(54(40,41)42)25(26(18)32)31-28-15-1-3-16(4-2-15)51(33,34)11-9-49-55(43,44)45/h1-8,13-14,32H,9-12,27H2,(H,37,38,39)(H,40,41,42)(H,43,44,45)(H,46,47,48). The van der Waals surface area contributed by atoms with Gasteiger partial charge in [0.2, 0.25) is 0 Å². The molecule has 0 bridgehead atoms. The number of rotatable bonds is 16. The van der Waals surface area contributed by atoms with Gasteiger partial charge in [-0.25, -0.2) is 25.2 Å². The Balaban J connectivity index is 1.78. The number of hydrogen-bond donors (Lipinski definition) is 6. The molecule has 0 aliphatic heterocycles. The van der Waals surface area contributed by atoms with Crippen LogP contribution in [-0.4, -0.2) is 98.5 Å². The lowest BCUT2D eigenvalue weighted by molar-refractivity contribution is 0.282. The zero-order valence-corrected chi connectivity index (χ0v) is 32.3. The Kier molecular flexibility index (Phi) is 12.7. The first-order valence-corrected chi connectivity index (χ1v) is 23.3. The molecular weight excluding hydrogens is 879 g/mol. The van der Waals surface area contributed by atoms with Crippen LogP contribution in [0.15, 0.2) is 101 Å². The summed E-state index contributed by atoms with van der Waals surface area (Å²) in [6.45, 7) is -1.96. The highest BCUT2D eigenvalue weighted by Crippen LogP contribution is 2.46. The molecule has 56 heavy (non-hydrogen) atoms. The van der Waals surface area contributed by atoms with Crippen molar-refractivity contribution in [3.8, 4) is 5.75 Å². The molecule has 4 aromatic rings. The van der Waals surface area contributed by atoms with E-state index in [4.69, 9.17) is 14.8 Å². The summed E-state index contributed by atoms with van der Waals surface area (Å²) in [6, 6.07) is 9.10. The zero-order chi connectivity index (χ0) is 42.1. The highest BCUT2D eigenvalue weighted by atomic mass is 32.3. The molecule has 0 atom stereocenters. The second-order valence-electron chi connectivity index (χ2n) is 10.8. The molecule has 0 unspecified atom stereocenters. The van der Waals surface area contributed by atoms with Crippen LogP contribution >= 0.6 is 0 Å². The van der Waals surface area contributed by atoms with Gasteiger partial charge in [0.05, 0.1) is 45.9 Å². The predicted molar refractivity (Wildman–Crippen MR) is 190 cm³/mol. The fourth-order valence-corrected chi connectivity index (χ4v) is 8.72. The minimum Gasteiger partial charge on any atom is -0.505 e. The lowest BCUT2D eigenvalue weighted by Crippen LogP contribution is -2.15. The molecule has 7 N–H and O–H groups in total. The van der Waals surface area contributed by atoms with Crippen molar-refractivity contribution in [3.05, 3.63) is 60.7 Å². The highest BCUT2D eigenvalue weighted by Gasteiger charge is 2.26. The topological polar surface area (TPSA) is 400 Å². The third-order valence-electron chi connectivity index (χ3n) is 6.97. The number of phenols is 1. The Morgan fingerprint density at radius 2 is 1.04 bits per heavy atom. The Bertz CT molecular complexity index is 2950. The maximum absolute atomic E-state index is 12.8. The summed E-state index contributed by atoms with van der Waals surface area (Å²) < 4.78 is 187. The molecule has 0 fully saturated rings. The molecule has 0 aliphatic carbocycles. The summed E-state index contributed by atoms with van der Waals surface area (Å²) in [7, 11) is -28.9. The number of hydrogen-bond acceptors (Lipinski definition) is 20. The molecule has 24 nitrogen and oxygen atoms in total. The number of nitrogens with zero attached hydrogens (tertiary/aromatic N) is 4. The Morgan fingerprint density at radius 1 is 0.536 bits per heavy atom. The lowest BCUT2D eigenvalue weighted by Gasteiger charge is -2.12. The van der Waals surface area contributed by atoms with Crippen LogP contribution in [-0.2, 0) is 69.1 Å². The number of anilines is 1. The molecule has 30 heteroatoms. The molecule has 304 valence electrons. The van der Waals surface area contributed by atoms with Crippen molar-refractivity contribution in [2.75, 3.05) is 30.5 Å². The Labute approximate surface area is 317 Å². The van der Waals surface area contributed by atoms with Crippen LogP contribution in [0.25, 0.3) is 10.8 Å². The first-order valence-electron chi connectivity index (χ1n) is 14.4. The smallest absolute Gasteiger partial charge is 0.397 e. The summed E-state index contributed by atoms with van der Waals surface area (Å²) >= 11 is 0. The number of sulfone groups is 2. The molecule has 4 aromatic carbocycles. The quantitative estimate of drug-likeness (QED) is 0.0534. The van der Waals surface area contributed by atoms with Crippen molar-refractivity contribution in [3.63, 3.8) is 0 Å². The number of benzene rings is 4. The minimum atomic E-state index is -5.28. The van der Waals surface area contributed by atoms with Gasteiger partial charge in [0.15, 0.2) is 25.4 Å². The lowest BCUT2D eigenvalue weighted by atomic mass is 10.1. The molecule has 4 rings (SSSR count). The second-order valence-corrected chi connectivity index (χ2v) is 20.0. The largest absolute Gasteiger partial charge is 0.505 e. The number of nitrogen functional groups attached to an aromatic ring is 1. The van der Waals surface area contributed by atoms with Gasteiger partial charge in [0.1, 0.15) is 26.9 Å². The molecular formula is C26H25N5O19S6. The van der Waals surface area contributed by atoms with Crippen LogP contribution in [0.4, 0.5) is 28.4 Å². The average Bonchev–Trinajstić information content (AvgIpc) is 3.05. The summed E-state index contributed by atoms with van der Waals surface area (Å²) in [6.07, 6.45) is 0. The SMILES string of the molecule is Nc1ccc2c(O)c(N=Nc3ccc(S(=O)(=O)CCOS(=O)(=O)O)cc3)c(S(=O)(=O)O)cc2c1N=Nc1cc(S(=O)(=O)CCOS(=O)(=O)O)ccc1S(=O)(=O)O. The third-order valence-corrected chi connectivity index (χ3v) is 13.0. The number of nitrogens with two attached hydrogens (primary N) is 1. The van der Waals surface area contributed by atoms with Gasteiger partial charge in [-0.1, -0.05) is 0 Å². The maximum atomic E-state index is 12.8. The summed E-state index contributed by atoms with van der Waals surface area (Å²) in [5.41, 5.74) is 3.38. The maximum Gasteiger partial charge on any atom is 0.397 e. The van der Waals surface area contributed by atoms with Gasteiger partial charge in [-0.05, 0) is 60.7 Å². The van der Waals surface area contributed by atoms with Crippen LogP contribution in [0.2, 0.25) is 0 Å². The van der Waals surface area contributed by atoms with E-state index in [2.05, 4.69) is 28.8 Å². The molecule has 0 saturated carbocycles. The van der Waals surface area contributed by atoms with E-state index in [1.54, 1.807) is 0 Å². The van der Waals surface area contributed by atoms with Gasteiger partial charge in [-0.2, -0.15) is 38.8 Å². The highest BCUT2D eigenvalue weighted by molar-refractivity contribution is 7.91. The van der Waals surface area contributed by atoms with E-state index in [-0.39, 0.29) is 27.0 Å². The van der Waals surface area contributed by atoms with Crippen molar-refractivity contribution in [2.45, 2.75) is 19.6 Å². The fraction of sp³-hybridized carbons (Fsp3) is 0.154. The van der Waals surface area contributed by atoms with Gasteiger partial charge in [-0.15, -0.1) is 15.3 Å². The Hall–Kier alpha value is -4.60. The van der Waals surface area contributed by atoms with Gasteiger partial charge in [-0.3, -0.25) is 18.2 Å². The first-order chi connectivity index (χ1) is 25.6. The van der Waals surface area contributed by atoms with E-state index in [1.807, 2.05) is 0 Å². The van der Waals surface area contributed by atoms with Crippen molar-refractivity contribution >= 4 is 99.9 Å². The van der Waals surface area contributed by atoms with Gasteiger partial charge in [0.25, 0.3) is 20.2 Å². The normalized spacial score (nSPS) is 13.6. The van der Waals surface area contributed by atoms with E-state index in [9.17, 15) is 64.7 Å². The molecule has 0 saturated heterocycles. The molecule has 0 amide bonds. The van der Waals surface area contributed by atoms with Crippen LogP contribution in [0, 0.1) is 0 Å². The Morgan fingerprint density at radius 3 is 1.55 bits per heavy atom. The van der Waals surface area contributed by atoms with E-state index >= 15 is 0 Å². The van der Waals surface area contributed by atoms with Gasteiger partial charge < -0.3 is 10.8 Å². The number of azo groups is 2. The van der Waals surface area contributed by atoms with Crippen LogP contribution in [0.1, 0.15) is 0 Å². The van der Waals surface area contributed by atoms with E-state index in [0.717, 1.165) is 36.4 Å². The van der Waals surface area contributed by atoms with Gasteiger partial charge >= 0.3 is 20.8 Å². The van der Waals surface area contributed by atoms with Crippen LogP contribution < -0.4 is 5.73 Å². The summed E-state index contributed by atoms with van der Waals surface area (Å²) in [4.78, 5) is -3.12. The molecule has 0 aliphatic rings. The monoisotopic (exact) mass is 903 g/mol. The molecule has 0 aromatic heterocycles. The molecule has 0 radical (unpaired) electrons. The summed E-state index contributed by atoms with van der Waals surface area (Å²) in [5.74, 6) is -2.85. The fourth-order valence-electron chi connectivity index (χ4n) is 4.48. The van der Waals surface area contributed by atoms with Crippen molar-refractivity contribution < 1.29 is 82.2 Å². The second kappa shape index (κ2) is 16.1. The van der Waals surface area contributed by atoms with Gasteiger partial charge in [0, 0.05) is 10.8 Å². The molecule has 0 spiro atoms. The van der Waals surface area contributed by atoms with Crippen LogP contribution in [0.3, 0.4) is 0 Å². The summed E-state index contributed by atoms with van der Waals surface area (Å²) in [5, 5.41) is 25.4. The van der Waals surface area contributed by atoms with Crippen molar-refractivity contribution in [1.82, 2.24) is 0 Å².